The molecule has 1 fully saturated rings. The van der Waals surface area contributed by atoms with Crippen LogP contribution in [0.3, 0.4) is 0 Å². The van der Waals surface area contributed by atoms with E-state index in [4.69, 9.17) is 10.5 Å². The van der Waals surface area contributed by atoms with Crippen LogP contribution in [0, 0.1) is 5.92 Å². The molecule has 0 radical (unpaired) electrons. The van der Waals surface area contributed by atoms with E-state index in [0.717, 1.165) is 26.1 Å². The van der Waals surface area contributed by atoms with Gasteiger partial charge in [0, 0.05) is 19.6 Å². The number of pyridine rings is 1. The van der Waals surface area contributed by atoms with Gasteiger partial charge in [0.05, 0.1) is 11.9 Å². The quantitative estimate of drug-likeness (QED) is 0.787. The van der Waals surface area contributed by atoms with Crippen LogP contribution in [0.15, 0.2) is 18.3 Å². The lowest BCUT2D eigenvalue weighted by molar-refractivity contribution is 0.0599. The van der Waals surface area contributed by atoms with Crippen LogP contribution in [0.5, 0.6) is 0 Å². The molecule has 0 saturated carbocycles. The summed E-state index contributed by atoms with van der Waals surface area (Å²) >= 11 is 0. The average molecular weight is 220 g/mol. The van der Waals surface area contributed by atoms with Crippen LogP contribution in [-0.4, -0.2) is 24.0 Å². The van der Waals surface area contributed by atoms with Crippen LogP contribution >= 0.6 is 0 Å². The molecule has 86 valence electrons. The molecule has 2 rings (SSSR count). The lowest BCUT2D eigenvalue weighted by atomic mass is 9.93. The maximum absolute atomic E-state index is 11.9. The highest BCUT2D eigenvalue weighted by Crippen LogP contribution is 2.20. The van der Waals surface area contributed by atoms with Gasteiger partial charge in [-0.1, -0.05) is 0 Å². The minimum absolute atomic E-state index is 0.104. The zero-order valence-electron chi connectivity index (χ0n) is 9.19. The monoisotopic (exact) mass is 220 g/mol. The topological polar surface area (TPSA) is 65.2 Å². The third kappa shape index (κ3) is 2.79. The number of hydrogen-bond donors (Lipinski definition) is 1. The molecule has 2 N–H and O–H groups in total. The fourth-order valence-electron chi connectivity index (χ4n) is 1.89. The Hall–Kier alpha value is -1.42. The molecule has 1 aromatic heterocycles. The fourth-order valence-corrected chi connectivity index (χ4v) is 1.89. The number of ketones is 1. The van der Waals surface area contributed by atoms with Gasteiger partial charge in [-0.25, -0.2) is 0 Å². The van der Waals surface area contributed by atoms with E-state index >= 15 is 0 Å². The third-order valence-electron chi connectivity index (χ3n) is 2.89. The van der Waals surface area contributed by atoms with Crippen molar-refractivity contribution >= 4 is 11.5 Å². The molecule has 1 saturated heterocycles. The lowest BCUT2D eigenvalue weighted by Crippen LogP contribution is -2.19. The number of carbonyl (C=O) groups is 1. The number of anilines is 1. The summed E-state index contributed by atoms with van der Waals surface area (Å²) in [5, 5.41) is 0. The highest BCUT2D eigenvalue weighted by atomic mass is 16.5. The molecule has 0 aromatic carbocycles. The summed E-state index contributed by atoms with van der Waals surface area (Å²) < 4.78 is 5.26. The molecule has 1 aliphatic rings. The van der Waals surface area contributed by atoms with E-state index in [1.54, 1.807) is 12.1 Å². The van der Waals surface area contributed by atoms with Crippen molar-refractivity contribution < 1.29 is 9.53 Å². The van der Waals surface area contributed by atoms with Crippen molar-refractivity contribution in [2.75, 3.05) is 18.9 Å². The number of Topliss-reactive ketones (excluding diaryl/α,β-unsaturated/α-hetero) is 1. The van der Waals surface area contributed by atoms with Gasteiger partial charge < -0.3 is 10.5 Å². The van der Waals surface area contributed by atoms with Gasteiger partial charge in [0.2, 0.25) is 0 Å². The first-order chi connectivity index (χ1) is 7.75. The Morgan fingerprint density at radius 3 is 2.81 bits per heavy atom. The minimum atomic E-state index is 0.104. The Labute approximate surface area is 94.8 Å². The Morgan fingerprint density at radius 2 is 2.19 bits per heavy atom. The highest BCUT2D eigenvalue weighted by molar-refractivity contribution is 5.94. The minimum Gasteiger partial charge on any atom is -0.397 e. The summed E-state index contributed by atoms with van der Waals surface area (Å²) in [4.78, 5) is 15.9. The second-order valence-electron chi connectivity index (χ2n) is 4.16. The number of aromatic nitrogens is 1. The van der Waals surface area contributed by atoms with Gasteiger partial charge >= 0.3 is 0 Å². The van der Waals surface area contributed by atoms with E-state index in [1.165, 1.54) is 6.20 Å². The van der Waals surface area contributed by atoms with E-state index < -0.39 is 0 Å². The first-order valence-electron chi connectivity index (χ1n) is 5.58. The maximum Gasteiger partial charge on any atom is 0.181 e. The van der Waals surface area contributed by atoms with Crippen molar-refractivity contribution in [3.63, 3.8) is 0 Å². The molecule has 0 aliphatic carbocycles. The first-order valence-corrected chi connectivity index (χ1v) is 5.58. The van der Waals surface area contributed by atoms with Crippen molar-refractivity contribution in [3.8, 4) is 0 Å². The Bertz CT molecular complexity index is 356. The highest BCUT2D eigenvalue weighted by Gasteiger charge is 2.18. The van der Waals surface area contributed by atoms with E-state index in [1.807, 2.05) is 0 Å². The molecular weight excluding hydrogens is 204 g/mol. The Morgan fingerprint density at radius 1 is 1.44 bits per heavy atom. The number of nitrogens with zero attached hydrogens (tertiary/aromatic N) is 1. The third-order valence-corrected chi connectivity index (χ3v) is 2.89. The standard InChI is InChI=1S/C12H16N2O2/c13-10-1-2-11(14-8-10)12(15)7-9-3-5-16-6-4-9/h1-2,8-9H,3-7,13H2. The van der Waals surface area contributed by atoms with E-state index in [2.05, 4.69) is 4.98 Å². The summed E-state index contributed by atoms with van der Waals surface area (Å²) in [6, 6.07) is 3.40. The van der Waals surface area contributed by atoms with E-state index in [9.17, 15) is 4.79 Å². The Balaban J connectivity index is 1.94. The lowest BCUT2D eigenvalue weighted by Gasteiger charge is -2.20. The van der Waals surface area contributed by atoms with Crippen molar-refractivity contribution in [2.45, 2.75) is 19.3 Å². The van der Waals surface area contributed by atoms with Crippen molar-refractivity contribution in [3.05, 3.63) is 24.0 Å². The van der Waals surface area contributed by atoms with Gasteiger partial charge in [0.15, 0.2) is 5.78 Å². The zero-order valence-corrected chi connectivity index (χ0v) is 9.19. The number of rotatable bonds is 3. The van der Waals surface area contributed by atoms with Crippen LogP contribution in [0.1, 0.15) is 29.8 Å². The molecule has 1 aliphatic heterocycles. The second-order valence-corrected chi connectivity index (χ2v) is 4.16. The fraction of sp³-hybridized carbons (Fsp3) is 0.500. The SMILES string of the molecule is Nc1ccc(C(=O)CC2CCOCC2)nc1. The van der Waals surface area contributed by atoms with Crippen molar-refractivity contribution in [1.29, 1.82) is 0 Å². The molecule has 16 heavy (non-hydrogen) atoms. The molecule has 0 bridgehead atoms. The average Bonchev–Trinajstić information content (AvgIpc) is 2.31. The summed E-state index contributed by atoms with van der Waals surface area (Å²) in [6.45, 7) is 1.54. The molecule has 0 unspecified atom stereocenters. The van der Waals surface area contributed by atoms with E-state index in [0.29, 0.717) is 23.7 Å². The normalized spacial score (nSPS) is 17.2. The molecule has 1 aromatic rings. The smallest absolute Gasteiger partial charge is 0.181 e. The van der Waals surface area contributed by atoms with Gasteiger partial charge in [-0.15, -0.1) is 0 Å². The largest absolute Gasteiger partial charge is 0.397 e. The molecule has 0 atom stereocenters. The van der Waals surface area contributed by atoms with Crippen molar-refractivity contribution in [1.82, 2.24) is 4.98 Å². The van der Waals surface area contributed by atoms with Crippen LogP contribution in [-0.2, 0) is 4.74 Å². The number of carbonyl (C=O) groups excluding carboxylic acids is 1. The zero-order chi connectivity index (χ0) is 11.4. The molecule has 4 heteroatoms. The number of nitrogen functional groups attached to an aromatic ring is 1. The van der Waals surface area contributed by atoms with Crippen LogP contribution in [0.25, 0.3) is 0 Å². The Kier molecular flexibility index (Phi) is 3.51. The number of ether oxygens (including phenoxy) is 1. The second kappa shape index (κ2) is 5.07. The first kappa shape index (κ1) is 11.1. The molecule has 2 heterocycles. The number of nitrogens with two attached hydrogens (primary N) is 1. The van der Waals surface area contributed by atoms with E-state index in [-0.39, 0.29) is 5.78 Å². The maximum atomic E-state index is 11.9. The van der Waals surface area contributed by atoms with Gasteiger partial charge in [-0.2, -0.15) is 0 Å². The predicted octanol–water partition coefficient (Wildman–Crippen LogP) is 1.66. The molecular formula is C12H16N2O2. The van der Waals surface area contributed by atoms with Crippen LogP contribution < -0.4 is 5.73 Å². The molecule has 0 spiro atoms. The summed E-state index contributed by atoms with van der Waals surface area (Å²) in [5.74, 6) is 0.549. The number of hydrogen-bond acceptors (Lipinski definition) is 4. The summed E-state index contributed by atoms with van der Waals surface area (Å²) in [5.41, 5.74) is 6.62. The van der Waals surface area contributed by atoms with Crippen LogP contribution in [0.4, 0.5) is 5.69 Å². The van der Waals surface area contributed by atoms with Crippen LogP contribution in [0.2, 0.25) is 0 Å². The molecule has 0 amide bonds. The van der Waals surface area contributed by atoms with Gasteiger partial charge in [-0.05, 0) is 30.9 Å². The van der Waals surface area contributed by atoms with Gasteiger partial charge in [-0.3, -0.25) is 9.78 Å². The van der Waals surface area contributed by atoms with Crippen molar-refractivity contribution in [2.24, 2.45) is 5.92 Å². The van der Waals surface area contributed by atoms with Gasteiger partial charge in [0.25, 0.3) is 0 Å². The summed E-state index contributed by atoms with van der Waals surface area (Å²) in [7, 11) is 0. The predicted molar refractivity (Wildman–Crippen MR) is 61.1 cm³/mol. The van der Waals surface area contributed by atoms with Gasteiger partial charge in [0.1, 0.15) is 5.69 Å². The molecule has 4 nitrogen and oxygen atoms in total. The summed E-state index contributed by atoms with van der Waals surface area (Å²) in [6.07, 6.45) is 4.04.